The molecular weight excluding hydrogens is 368 g/mol. The maximum atomic E-state index is 12.7. The molecule has 0 amide bonds. The highest BCUT2D eigenvalue weighted by Gasteiger charge is 2.20. The number of hydrogen-bond acceptors (Lipinski definition) is 2. The standard InChI is InChI=1S/C28H48O2/c1-5-7-9-11-12-14-16-21-26(20-15-13-10-8-6-2)23-30-28(29)25(4)27-22-18-17-19-24(27)3/h17-19,22,25-26H,5-16,20-21,23H2,1-4H3. The molecule has 0 aliphatic carbocycles. The Kier molecular flexibility index (Phi) is 15.5. The van der Waals surface area contributed by atoms with E-state index < -0.39 is 0 Å². The summed E-state index contributed by atoms with van der Waals surface area (Å²) in [6.07, 6.45) is 18.3. The van der Waals surface area contributed by atoms with Crippen molar-refractivity contribution in [2.75, 3.05) is 6.61 Å². The third-order valence-corrected chi connectivity index (χ3v) is 6.40. The van der Waals surface area contributed by atoms with Gasteiger partial charge in [0.15, 0.2) is 0 Å². The Morgan fingerprint density at radius 2 is 1.30 bits per heavy atom. The molecule has 0 saturated carbocycles. The molecule has 0 aliphatic heterocycles. The Morgan fingerprint density at radius 3 is 1.83 bits per heavy atom. The van der Waals surface area contributed by atoms with E-state index in [1.165, 1.54) is 89.9 Å². The van der Waals surface area contributed by atoms with Crippen LogP contribution in [-0.4, -0.2) is 12.6 Å². The van der Waals surface area contributed by atoms with E-state index in [0.717, 1.165) is 11.1 Å². The lowest BCUT2D eigenvalue weighted by molar-refractivity contribution is -0.146. The highest BCUT2D eigenvalue weighted by molar-refractivity contribution is 5.78. The number of carbonyl (C=O) groups is 1. The predicted octanol–water partition coefficient (Wildman–Crippen LogP) is 8.76. The lowest BCUT2D eigenvalue weighted by atomic mass is 9.94. The molecule has 1 aromatic rings. The van der Waals surface area contributed by atoms with Crippen LogP contribution in [0.1, 0.15) is 128 Å². The Labute approximate surface area is 187 Å². The second-order valence-electron chi connectivity index (χ2n) is 9.19. The second-order valence-corrected chi connectivity index (χ2v) is 9.19. The zero-order valence-electron chi connectivity index (χ0n) is 20.4. The fourth-order valence-electron chi connectivity index (χ4n) is 4.26. The van der Waals surface area contributed by atoms with Gasteiger partial charge in [-0.1, -0.05) is 115 Å². The van der Waals surface area contributed by atoms with Gasteiger partial charge in [-0.2, -0.15) is 0 Å². The van der Waals surface area contributed by atoms with Gasteiger partial charge in [-0.15, -0.1) is 0 Å². The van der Waals surface area contributed by atoms with Crippen molar-refractivity contribution in [3.8, 4) is 0 Å². The zero-order valence-corrected chi connectivity index (χ0v) is 20.4. The van der Waals surface area contributed by atoms with Crippen LogP contribution in [0.25, 0.3) is 0 Å². The minimum Gasteiger partial charge on any atom is -0.465 e. The number of rotatable bonds is 18. The van der Waals surface area contributed by atoms with Crippen LogP contribution in [0.2, 0.25) is 0 Å². The van der Waals surface area contributed by atoms with Gasteiger partial charge in [-0.3, -0.25) is 4.79 Å². The monoisotopic (exact) mass is 416 g/mol. The summed E-state index contributed by atoms with van der Waals surface area (Å²) in [5.41, 5.74) is 2.25. The summed E-state index contributed by atoms with van der Waals surface area (Å²) in [5, 5.41) is 0. The highest BCUT2D eigenvalue weighted by atomic mass is 16.5. The first-order chi connectivity index (χ1) is 14.6. The van der Waals surface area contributed by atoms with E-state index in [-0.39, 0.29) is 11.9 Å². The fourth-order valence-corrected chi connectivity index (χ4v) is 4.26. The lowest BCUT2D eigenvalue weighted by Gasteiger charge is -2.19. The Bertz CT molecular complexity index is 551. The highest BCUT2D eigenvalue weighted by Crippen LogP contribution is 2.23. The summed E-state index contributed by atoms with van der Waals surface area (Å²) in [6, 6.07) is 8.14. The van der Waals surface area contributed by atoms with Crippen LogP contribution in [0, 0.1) is 12.8 Å². The van der Waals surface area contributed by atoms with Crippen molar-refractivity contribution in [3.05, 3.63) is 35.4 Å². The van der Waals surface area contributed by atoms with Gasteiger partial charge in [-0.25, -0.2) is 0 Å². The predicted molar refractivity (Wildman–Crippen MR) is 130 cm³/mol. The number of hydrogen-bond donors (Lipinski definition) is 0. The molecular formula is C28H48O2. The van der Waals surface area contributed by atoms with Crippen molar-refractivity contribution in [1.82, 2.24) is 0 Å². The lowest BCUT2D eigenvalue weighted by Crippen LogP contribution is -2.19. The largest absolute Gasteiger partial charge is 0.465 e. The summed E-state index contributed by atoms with van der Waals surface area (Å²) in [7, 11) is 0. The van der Waals surface area contributed by atoms with E-state index in [9.17, 15) is 4.79 Å². The van der Waals surface area contributed by atoms with E-state index in [4.69, 9.17) is 4.74 Å². The minimum atomic E-state index is -0.185. The molecule has 172 valence electrons. The summed E-state index contributed by atoms with van der Waals surface area (Å²) >= 11 is 0. The normalized spacial score (nSPS) is 13.2. The number of benzene rings is 1. The van der Waals surface area contributed by atoms with Crippen molar-refractivity contribution in [2.24, 2.45) is 5.92 Å². The molecule has 2 unspecified atom stereocenters. The number of esters is 1. The smallest absolute Gasteiger partial charge is 0.313 e. The molecule has 0 saturated heterocycles. The molecule has 2 nitrogen and oxygen atoms in total. The maximum Gasteiger partial charge on any atom is 0.313 e. The molecule has 0 spiro atoms. The third kappa shape index (κ3) is 11.8. The van der Waals surface area contributed by atoms with E-state index in [0.29, 0.717) is 12.5 Å². The molecule has 2 heteroatoms. The molecule has 0 aromatic heterocycles. The fraction of sp³-hybridized carbons (Fsp3) is 0.750. The van der Waals surface area contributed by atoms with E-state index in [1.54, 1.807) is 0 Å². The zero-order chi connectivity index (χ0) is 22.0. The average molecular weight is 417 g/mol. The van der Waals surface area contributed by atoms with Crippen LogP contribution in [0.5, 0.6) is 0 Å². The van der Waals surface area contributed by atoms with Gasteiger partial charge in [0, 0.05) is 0 Å². The summed E-state index contributed by atoms with van der Waals surface area (Å²) in [4.78, 5) is 12.7. The van der Waals surface area contributed by atoms with Gasteiger partial charge < -0.3 is 4.74 Å². The van der Waals surface area contributed by atoms with E-state index in [2.05, 4.69) is 26.8 Å². The first kappa shape index (κ1) is 26.7. The summed E-state index contributed by atoms with van der Waals surface area (Å²) in [5.74, 6) is 0.269. The molecule has 0 N–H and O–H groups in total. The van der Waals surface area contributed by atoms with Crippen molar-refractivity contribution in [2.45, 2.75) is 124 Å². The molecule has 2 atom stereocenters. The number of aryl methyl sites for hydroxylation is 1. The van der Waals surface area contributed by atoms with Gasteiger partial charge >= 0.3 is 5.97 Å². The number of carbonyl (C=O) groups excluding carboxylic acids is 1. The Hall–Kier alpha value is -1.31. The van der Waals surface area contributed by atoms with Crippen LogP contribution in [0.15, 0.2) is 24.3 Å². The van der Waals surface area contributed by atoms with E-state index in [1.807, 2.05) is 25.1 Å². The molecule has 30 heavy (non-hydrogen) atoms. The van der Waals surface area contributed by atoms with Crippen LogP contribution >= 0.6 is 0 Å². The third-order valence-electron chi connectivity index (χ3n) is 6.40. The molecule has 0 fully saturated rings. The van der Waals surface area contributed by atoms with Gasteiger partial charge in [0.05, 0.1) is 12.5 Å². The van der Waals surface area contributed by atoms with E-state index >= 15 is 0 Å². The molecule has 0 radical (unpaired) electrons. The summed E-state index contributed by atoms with van der Waals surface area (Å²) in [6.45, 7) is 9.17. The minimum absolute atomic E-state index is 0.0696. The molecule has 0 heterocycles. The first-order valence-corrected chi connectivity index (χ1v) is 12.8. The van der Waals surface area contributed by atoms with Crippen LogP contribution in [0.3, 0.4) is 0 Å². The van der Waals surface area contributed by atoms with Crippen molar-refractivity contribution in [1.29, 1.82) is 0 Å². The number of unbranched alkanes of at least 4 members (excludes halogenated alkanes) is 10. The van der Waals surface area contributed by atoms with Gasteiger partial charge in [-0.05, 0) is 43.7 Å². The van der Waals surface area contributed by atoms with Gasteiger partial charge in [0.2, 0.25) is 0 Å². The molecule has 0 aliphatic rings. The SMILES string of the molecule is CCCCCCCCCC(CCCCCCC)COC(=O)C(C)c1ccccc1C. The first-order valence-electron chi connectivity index (χ1n) is 12.8. The topological polar surface area (TPSA) is 26.3 Å². The van der Waals surface area contributed by atoms with Crippen molar-refractivity contribution in [3.63, 3.8) is 0 Å². The Morgan fingerprint density at radius 1 is 0.800 bits per heavy atom. The second kappa shape index (κ2) is 17.4. The molecule has 0 bridgehead atoms. The molecule has 1 rings (SSSR count). The van der Waals surface area contributed by atoms with Crippen LogP contribution in [0.4, 0.5) is 0 Å². The van der Waals surface area contributed by atoms with Crippen molar-refractivity contribution >= 4 is 5.97 Å². The Balaban J connectivity index is 2.42. The van der Waals surface area contributed by atoms with Gasteiger partial charge in [0.1, 0.15) is 0 Å². The summed E-state index contributed by atoms with van der Waals surface area (Å²) < 4.78 is 5.82. The molecule has 1 aromatic carbocycles. The van der Waals surface area contributed by atoms with Gasteiger partial charge in [0.25, 0.3) is 0 Å². The van der Waals surface area contributed by atoms with Crippen LogP contribution in [-0.2, 0) is 9.53 Å². The maximum absolute atomic E-state index is 12.7. The average Bonchev–Trinajstić information content (AvgIpc) is 2.75. The number of ether oxygens (including phenoxy) is 1. The van der Waals surface area contributed by atoms with Crippen molar-refractivity contribution < 1.29 is 9.53 Å². The van der Waals surface area contributed by atoms with Crippen LogP contribution < -0.4 is 0 Å². The quantitative estimate of drug-likeness (QED) is 0.176.